The van der Waals surface area contributed by atoms with Crippen LogP contribution in [0.3, 0.4) is 0 Å². The fourth-order valence-corrected chi connectivity index (χ4v) is 4.27. The molecule has 0 aromatic carbocycles. The van der Waals surface area contributed by atoms with Gasteiger partial charge in [0.2, 0.25) is 11.8 Å². The Kier molecular flexibility index (Phi) is 8.21. The molecule has 1 fully saturated rings. The summed E-state index contributed by atoms with van der Waals surface area (Å²) >= 11 is 0. The van der Waals surface area contributed by atoms with Gasteiger partial charge in [0.1, 0.15) is 16.9 Å². The average Bonchev–Trinajstić information content (AvgIpc) is 3.67. The van der Waals surface area contributed by atoms with Gasteiger partial charge in [-0.3, -0.25) is 4.98 Å². The van der Waals surface area contributed by atoms with Crippen LogP contribution in [0.15, 0.2) is 30.6 Å². The van der Waals surface area contributed by atoms with Gasteiger partial charge in [0, 0.05) is 25.0 Å². The fraction of sp³-hybridized carbons (Fsp3) is 0.533. The first-order chi connectivity index (χ1) is 20.2. The molecule has 1 aliphatic rings. The molecule has 4 aromatic rings. The summed E-state index contributed by atoms with van der Waals surface area (Å²) in [5, 5.41) is 13.4. The van der Waals surface area contributed by atoms with Crippen LogP contribution in [-0.2, 0) is 11.8 Å². The molecule has 0 aliphatic heterocycles. The van der Waals surface area contributed by atoms with Crippen molar-refractivity contribution in [2.24, 2.45) is 7.05 Å². The molecule has 11 nitrogen and oxygen atoms in total. The van der Waals surface area contributed by atoms with Crippen molar-refractivity contribution in [3.63, 3.8) is 0 Å². The minimum absolute atomic E-state index is 0.0218. The number of rotatable bonds is 10. The van der Waals surface area contributed by atoms with Crippen molar-refractivity contribution in [2.45, 2.75) is 97.2 Å². The number of pyridine rings is 1. The summed E-state index contributed by atoms with van der Waals surface area (Å²) in [5.74, 6) is 0.213. The number of nitrogens with zero attached hydrogens (tertiary/aromatic N) is 7. The predicted molar refractivity (Wildman–Crippen MR) is 154 cm³/mol. The monoisotopic (exact) mass is 597 g/mol. The zero-order chi connectivity index (χ0) is 31.1. The van der Waals surface area contributed by atoms with Gasteiger partial charge in [0.15, 0.2) is 11.8 Å². The van der Waals surface area contributed by atoms with Crippen molar-refractivity contribution < 1.29 is 27.7 Å². The van der Waals surface area contributed by atoms with E-state index < -0.39 is 23.7 Å². The highest BCUT2D eigenvalue weighted by molar-refractivity contribution is 5.85. The van der Waals surface area contributed by atoms with E-state index in [9.17, 15) is 8.78 Å². The highest BCUT2D eigenvalue weighted by Gasteiger charge is 2.30. The Balaban J connectivity index is 1.51. The maximum Gasteiger partial charge on any atom is 0.320 e. The molecule has 1 unspecified atom stereocenters. The van der Waals surface area contributed by atoms with E-state index >= 15 is 0 Å². The van der Waals surface area contributed by atoms with E-state index in [4.69, 9.17) is 18.9 Å². The Labute approximate surface area is 249 Å². The Hall–Kier alpha value is -4.00. The van der Waals surface area contributed by atoms with Crippen molar-refractivity contribution in [1.82, 2.24) is 34.9 Å². The van der Waals surface area contributed by atoms with Crippen LogP contribution < -0.4 is 14.2 Å². The first-order valence-electron chi connectivity index (χ1n) is 14.2. The minimum Gasteiger partial charge on any atom is -0.471 e. The highest BCUT2D eigenvalue weighted by Crippen LogP contribution is 2.36. The second kappa shape index (κ2) is 11.6. The SMILES string of the molecule is CC(OC1CC1)c1cc([C@@H](Oc2nn(C)c3nnc(-c4cnc(OC(C)(C)C)nc4OC(C)(C)C)cc23)C(F)F)ccn1. The minimum atomic E-state index is -2.85. The quantitative estimate of drug-likeness (QED) is 0.209. The third-order valence-electron chi connectivity index (χ3n) is 6.30. The molecule has 2 atom stereocenters. The van der Waals surface area contributed by atoms with Gasteiger partial charge < -0.3 is 18.9 Å². The largest absolute Gasteiger partial charge is 0.471 e. The van der Waals surface area contributed by atoms with E-state index in [1.807, 2.05) is 48.5 Å². The Bertz CT molecular complexity index is 1600. The molecule has 0 saturated heterocycles. The molecule has 230 valence electrons. The van der Waals surface area contributed by atoms with Gasteiger partial charge in [-0.15, -0.1) is 15.3 Å². The molecule has 0 spiro atoms. The van der Waals surface area contributed by atoms with E-state index in [1.165, 1.54) is 23.1 Å². The Morgan fingerprint density at radius 2 is 1.67 bits per heavy atom. The molecule has 5 rings (SSSR count). The van der Waals surface area contributed by atoms with Gasteiger partial charge in [0.25, 0.3) is 6.43 Å². The Morgan fingerprint density at radius 3 is 2.33 bits per heavy atom. The first kappa shape index (κ1) is 30.5. The van der Waals surface area contributed by atoms with Crippen molar-refractivity contribution in [3.8, 4) is 29.0 Å². The number of aryl methyl sites for hydroxylation is 1. The molecule has 1 aliphatic carbocycles. The van der Waals surface area contributed by atoms with Gasteiger partial charge in [-0.25, -0.2) is 18.4 Å². The van der Waals surface area contributed by atoms with Gasteiger partial charge in [-0.2, -0.15) is 4.98 Å². The highest BCUT2D eigenvalue weighted by atomic mass is 19.3. The summed E-state index contributed by atoms with van der Waals surface area (Å²) in [6, 6.07) is 4.89. The summed E-state index contributed by atoms with van der Waals surface area (Å²) in [6.45, 7) is 13.2. The molecule has 43 heavy (non-hydrogen) atoms. The second-order valence-corrected chi connectivity index (χ2v) is 12.6. The molecule has 0 amide bonds. The molecular formula is C30H37F2N7O4. The lowest BCUT2D eigenvalue weighted by atomic mass is 10.1. The van der Waals surface area contributed by atoms with Crippen LogP contribution in [0.4, 0.5) is 8.78 Å². The number of hydrogen-bond donors (Lipinski definition) is 0. The van der Waals surface area contributed by atoms with Crippen LogP contribution in [-0.4, -0.2) is 58.7 Å². The third kappa shape index (κ3) is 7.51. The number of hydrogen-bond acceptors (Lipinski definition) is 10. The number of halogens is 2. The molecule has 13 heteroatoms. The summed E-state index contributed by atoms with van der Waals surface area (Å²) in [4.78, 5) is 13.2. The van der Waals surface area contributed by atoms with Gasteiger partial charge >= 0.3 is 6.01 Å². The van der Waals surface area contributed by atoms with Crippen molar-refractivity contribution in [1.29, 1.82) is 0 Å². The summed E-state index contributed by atoms with van der Waals surface area (Å²) < 4.78 is 54.1. The molecule has 0 bridgehead atoms. The molecule has 0 radical (unpaired) electrons. The summed E-state index contributed by atoms with van der Waals surface area (Å²) in [6.07, 6.45) is 0.418. The normalized spacial score (nSPS) is 15.5. The zero-order valence-electron chi connectivity index (χ0n) is 25.6. The van der Waals surface area contributed by atoms with Crippen molar-refractivity contribution in [3.05, 3.63) is 41.9 Å². The van der Waals surface area contributed by atoms with Crippen LogP contribution in [0.2, 0.25) is 0 Å². The van der Waals surface area contributed by atoms with Crippen LogP contribution in [0.25, 0.3) is 22.3 Å². The number of fused-ring (bicyclic) bond motifs is 1. The topological polar surface area (TPSA) is 119 Å². The fourth-order valence-electron chi connectivity index (χ4n) is 4.27. The van der Waals surface area contributed by atoms with E-state index in [0.29, 0.717) is 28.0 Å². The van der Waals surface area contributed by atoms with Gasteiger partial charge in [0.05, 0.1) is 28.9 Å². The zero-order valence-corrected chi connectivity index (χ0v) is 25.6. The number of alkyl halides is 2. The number of ether oxygens (including phenoxy) is 4. The molecule has 4 aromatic heterocycles. The van der Waals surface area contributed by atoms with E-state index in [2.05, 4.69) is 30.2 Å². The van der Waals surface area contributed by atoms with Crippen molar-refractivity contribution in [2.75, 3.05) is 0 Å². The third-order valence-corrected chi connectivity index (χ3v) is 6.30. The average molecular weight is 598 g/mol. The standard InChI is InChI=1S/C30H37F2N7O4/c1-16(40-18-9-10-18)21-13-17(11-12-33-21)23(24(31)32)41-27-19-14-22(36-37-25(19)39(8)38-27)20-15-34-28(43-30(5,6)7)35-26(20)42-29(2,3)4/h11-16,18,23-24H,9-10H2,1-8H3/t16?,23-/m1/s1. The van der Waals surface area contributed by atoms with Gasteiger partial charge in [-0.1, -0.05) is 0 Å². The predicted octanol–water partition coefficient (Wildman–Crippen LogP) is 6.20. The van der Waals surface area contributed by atoms with Crippen LogP contribution in [0.5, 0.6) is 17.8 Å². The molecule has 4 heterocycles. The molecule has 0 N–H and O–H groups in total. The van der Waals surface area contributed by atoms with Crippen LogP contribution in [0.1, 0.15) is 84.8 Å². The lowest BCUT2D eigenvalue weighted by molar-refractivity contribution is 0.00792. The molecule has 1 saturated carbocycles. The lowest BCUT2D eigenvalue weighted by Crippen LogP contribution is -2.26. The molecular weight excluding hydrogens is 560 g/mol. The van der Waals surface area contributed by atoms with Crippen LogP contribution in [0, 0.1) is 0 Å². The van der Waals surface area contributed by atoms with Crippen molar-refractivity contribution >= 4 is 11.0 Å². The summed E-state index contributed by atoms with van der Waals surface area (Å²) in [7, 11) is 1.64. The Morgan fingerprint density at radius 1 is 0.953 bits per heavy atom. The smallest absolute Gasteiger partial charge is 0.320 e. The lowest BCUT2D eigenvalue weighted by Gasteiger charge is -2.24. The number of aromatic nitrogens is 7. The van der Waals surface area contributed by atoms with Gasteiger partial charge in [-0.05, 0) is 79.5 Å². The van der Waals surface area contributed by atoms with E-state index in [1.54, 1.807) is 19.2 Å². The second-order valence-electron chi connectivity index (χ2n) is 12.6. The van der Waals surface area contributed by atoms with Crippen LogP contribution >= 0.6 is 0 Å². The summed E-state index contributed by atoms with van der Waals surface area (Å²) in [5.41, 5.74) is 0.823. The maximum absolute atomic E-state index is 14.5. The maximum atomic E-state index is 14.5. The van der Waals surface area contributed by atoms with E-state index in [0.717, 1.165) is 12.8 Å². The van der Waals surface area contributed by atoms with E-state index in [-0.39, 0.29) is 35.5 Å². The first-order valence-corrected chi connectivity index (χ1v) is 14.2.